The molecule has 1 unspecified atom stereocenters. The molecule has 2 aromatic heterocycles. The van der Waals surface area contributed by atoms with Crippen molar-refractivity contribution in [1.82, 2.24) is 15.0 Å². The van der Waals surface area contributed by atoms with Crippen molar-refractivity contribution in [3.05, 3.63) is 41.2 Å². The molecular formula is C17H21N3O3SSr. The van der Waals surface area contributed by atoms with Gasteiger partial charge in [0.05, 0.1) is 30.9 Å². The second kappa shape index (κ2) is 8.75. The molecule has 0 saturated heterocycles. The van der Waals surface area contributed by atoms with E-state index in [0.717, 1.165) is 33.6 Å². The van der Waals surface area contributed by atoms with Crippen molar-refractivity contribution in [3.63, 3.8) is 0 Å². The number of nitrogens with one attached hydrogen (secondary N) is 1. The number of fused-ring (bicyclic) bond motifs is 1. The molecule has 0 aliphatic rings. The van der Waals surface area contributed by atoms with Crippen LogP contribution in [0, 0.1) is 13.8 Å². The van der Waals surface area contributed by atoms with Crippen molar-refractivity contribution < 1.29 is 14.0 Å². The van der Waals surface area contributed by atoms with Gasteiger partial charge < -0.3 is 14.0 Å². The molecule has 0 radical (unpaired) electrons. The van der Waals surface area contributed by atoms with Gasteiger partial charge in [0.1, 0.15) is 11.5 Å². The van der Waals surface area contributed by atoms with E-state index in [4.69, 9.17) is 9.47 Å². The van der Waals surface area contributed by atoms with Crippen molar-refractivity contribution in [2.45, 2.75) is 24.8 Å². The van der Waals surface area contributed by atoms with Gasteiger partial charge >= 0.3 is 50.6 Å². The maximum absolute atomic E-state index is 12.7. The summed E-state index contributed by atoms with van der Waals surface area (Å²) in [6, 6.07) is 5.51. The molecule has 0 amide bonds. The van der Waals surface area contributed by atoms with Gasteiger partial charge in [0, 0.05) is 34.6 Å². The number of rotatable bonds is 5. The van der Waals surface area contributed by atoms with E-state index in [9.17, 15) is 4.55 Å². The van der Waals surface area contributed by atoms with Crippen LogP contribution in [-0.4, -0.2) is 79.2 Å². The van der Waals surface area contributed by atoms with Gasteiger partial charge in [0.2, 0.25) is 0 Å². The number of hydrogen-bond acceptors (Lipinski definition) is 5. The van der Waals surface area contributed by atoms with Crippen molar-refractivity contribution >= 4 is 67.7 Å². The van der Waals surface area contributed by atoms with Gasteiger partial charge in [-0.2, -0.15) is 4.98 Å². The molecule has 1 atom stereocenters. The van der Waals surface area contributed by atoms with E-state index < -0.39 is 11.2 Å². The van der Waals surface area contributed by atoms with Crippen LogP contribution in [0.4, 0.5) is 0 Å². The van der Waals surface area contributed by atoms with Crippen LogP contribution in [0.15, 0.2) is 29.6 Å². The van der Waals surface area contributed by atoms with Gasteiger partial charge in [0.15, 0.2) is 5.75 Å². The number of imidazole rings is 1. The molecule has 3 aromatic rings. The number of hydrogen-bond donors (Lipinski definition) is 1. The molecule has 0 aliphatic carbocycles. The monoisotopic (exact) mass is 435 g/mol. The fourth-order valence-corrected chi connectivity index (χ4v) is 3.71. The Labute approximate surface area is 186 Å². The molecule has 6 nitrogen and oxygen atoms in total. The molecule has 2 heterocycles. The zero-order chi connectivity index (χ0) is 17.3. The van der Waals surface area contributed by atoms with E-state index in [-0.39, 0.29) is 51.2 Å². The van der Waals surface area contributed by atoms with Gasteiger partial charge in [-0.15, -0.1) is 0 Å². The Bertz CT molecular complexity index is 885. The normalized spacial score (nSPS) is 11.9. The van der Waals surface area contributed by atoms with Crippen LogP contribution in [0.25, 0.3) is 11.0 Å². The standard InChI is InChI=1S/C17H19N3O3S.Sr.2H/c1-10-8-18-15(11(2)16(10)23-4)9-24(21)17-19-13-6-5-12(22-3)7-14(13)20-17;;;/h5-8H,9H2,1-4H3,(H,19,20);;;. The zero-order valence-corrected chi connectivity index (χ0v) is 14.9. The van der Waals surface area contributed by atoms with Gasteiger partial charge in [-0.1, -0.05) is 0 Å². The van der Waals surface area contributed by atoms with Gasteiger partial charge in [-0.05, 0) is 26.0 Å². The molecule has 0 bridgehead atoms. The van der Waals surface area contributed by atoms with Crippen LogP contribution in [0.2, 0.25) is 0 Å². The van der Waals surface area contributed by atoms with Crippen LogP contribution in [-0.2, 0) is 16.9 Å². The fraction of sp³-hybridized carbons (Fsp3) is 0.294. The summed E-state index contributed by atoms with van der Waals surface area (Å²) in [6.07, 6.45) is 1.74. The molecule has 0 aliphatic heterocycles. The van der Waals surface area contributed by atoms with Crippen LogP contribution >= 0.6 is 0 Å². The van der Waals surface area contributed by atoms with Crippen molar-refractivity contribution in [1.29, 1.82) is 0 Å². The Hall–Kier alpha value is -0.769. The third-order valence-electron chi connectivity index (χ3n) is 3.90. The third kappa shape index (κ3) is 4.32. The summed E-state index contributed by atoms with van der Waals surface area (Å²) in [5, 5.41) is 0.430. The summed E-state index contributed by atoms with van der Waals surface area (Å²) >= 11 is -1.33. The average Bonchev–Trinajstić information content (AvgIpc) is 3.01. The SMILES string of the molecule is COc1ccc2[nH]c([S+]([O-])Cc3ncc(C)c(OC)c3C)nc2c1.[SrH2]. The van der Waals surface area contributed by atoms with E-state index in [1.54, 1.807) is 20.4 Å². The van der Waals surface area contributed by atoms with Crippen LogP contribution < -0.4 is 9.47 Å². The van der Waals surface area contributed by atoms with E-state index in [1.807, 2.05) is 32.0 Å². The molecule has 0 spiro atoms. The minimum absolute atomic E-state index is 0. The Morgan fingerprint density at radius 2 is 1.96 bits per heavy atom. The Morgan fingerprint density at radius 3 is 2.64 bits per heavy atom. The molecule has 1 N–H and O–H groups in total. The minimum atomic E-state index is -1.33. The number of benzene rings is 1. The number of nitrogens with zero attached hydrogens (tertiary/aromatic N) is 2. The predicted octanol–water partition coefficient (Wildman–Crippen LogP) is 1.98. The van der Waals surface area contributed by atoms with E-state index in [0.29, 0.717) is 10.9 Å². The second-order valence-corrected chi connectivity index (χ2v) is 6.83. The molecule has 1 aromatic carbocycles. The van der Waals surface area contributed by atoms with Crippen molar-refractivity contribution in [2.75, 3.05) is 14.2 Å². The Kier molecular flexibility index (Phi) is 7.19. The fourth-order valence-electron chi connectivity index (χ4n) is 2.61. The van der Waals surface area contributed by atoms with E-state index in [1.165, 1.54) is 0 Å². The number of ether oxygens (including phenoxy) is 2. The molecule has 25 heavy (non-hydrogen) atoms. The summed E-state index contributed by atoms with van der Waals surface area (Å²) in [6.45, 7) is 3.86. The summed E-state index contributed by atoms with van der Waals surface area (Å²) in [4.78, 5) is 11.9. The number of H-pyrrole nitrogens is 1. The summed E-state index contributed by atoms with van der Waals surface area (Å²) in [5.41, 5.74) is 4.16. The number of pyridine rings is 1. The van der Waals surface area contributed by atoms with Crippen LogP contribution in [0.1, 0.15) is 16.8 Å². The Morgan fingerprint density at radius 1 is 1.20 bits per heavy atom. The van der Waals surface area contributed by atoms with Crippen LogP contribution in [0.5, 0.6) is 11.5 Å². The average molecular weight is 435 g/mol. The predicted molar refractivity (Wildman–Crippen MR) is 102 cm³/mol. The topological polar surface area (TPSA) is 83.1 Å². The molecule has 8 heteroatoms. The first-order chi connectivity index (χ1) is 11.5. The molecular weight excluding hydrogens is 414 g/mol. The first-order valence-corrected chi connectivity index (χ1v) is 8.76. The first-order valence-electron chi connectivity index (χ1n) is 7.44. The Balaban J connectivity index is 0.00000225. The number of aromatic nitrogens is 3. The van der Waals surface area contributed by atoms with Crippen molar-refractivity contribution in [3.8, 4) is 11.5 Å². The molecule has 0 fully saturated rings. The molecule has 130 valence electrons. The third-order valence-corrected chi connectivity index (χ3v) is 5.06. The van der Waals surface area contributed by atoms with Gasteiger partial charge in [-0.25, -0.2) is 0 Å². The van der Waals surface area contributed by atoms with E-state index in [2.05, 4.69) is 15.0 Å². The number of aromatic amines is 1. The maximum atomic E-state index is 12.7. The zero-order valence-electron chi connectivity index (χ0n) is 14.0. The summed E-state index contributed by atoms with van der Waals surface area (Å²) in [5.74, 6) is 1.78. The van der Waals surface area contributed by atoms with Gasteiger partial charge in [0.25, 0.3) is 0 Å². The van der Waals surface area contributed by atoms with Gasteiger partial charge in [-0.3, -0.25) is 9.97 Å². The number of aryl methyl sites for hydroxylation is 1. The quantitative estimate of drug-likeness (QED) is 0.490. The molecule has 0 saturated carbocycles. The first kappa shape index (κ1) is 20.5. The molecule has 3 rings (SSSR count). The second-order valence-electron chi connectivity index (χ2n) is 5.46. The van der Waals surface area contributed by atoms with Crippen LogP contribution in [0.3, 0.4) is 0 Å². The van der Waals surface area contributed by atoms with E-state index >= 15 is 0 Å². The van der Waals surface area contributed by atoms with Crippen molar-refractivity contribution in [2.24, 2.45) is 0 Å². The summed E-state index contributed by atoms with van der Waals surface area (Å²) in [7, 11) is 3.23. The summed E-state index contributed by atoms with van der Waals surface area (Å²) < 4.78 is 23.3. The number of methoxy groups -OCH3 is 2.